The second kappa shape index (κ2) is 7.52. The molecule has 29 heavy (non-hydrogen) atoms. The lowest BCUT2D eigenvalue weighted by molar-refractivity contribution is -0.137. The van der Waals surface area contributed by atoms with Crippen LogP contribution in [0.2, 0.25) is 5.02 Å². The highest BCUT2D eigenvalue weighted by Gasteiger charge is 2.41. The molecule has 2 aromatic rings. The van der Waals surface area contributed by atoms with Gasteiger partial charge in [-0.2, -0.15) is 13.2 Å². The van der Waals surface area contributed by atoms with Crippen molar-refractivity contribution in [3.63, 3.8) is 0 Å². The van der Waals surface area contributed by atoms with Crippen molar-refractivity contribution in [1.82, 2.24) is 4.90 Å². The number of alkyl halides is 4. The van der Waals surface area contributed by atoms with Gasteiger partial charge in [0.2, 0.25) is 0 Å². The maximum Gasteiger partial charge on any atom is 0.416 e. The molecule has 2 aliphatic rings. The van der Waals surface area contributed by atoms with Crippen molar-refractivity contribution >= 4 is 28.9 Å². The van der Waals surface area contributed by atoms with E-state index in [1.807, 2.05) is 0 Å². The average Bonchev–Trinajstić information content (AvgIpc) is 3.01. The minimum atomic E-state index is -4.69. The Balaban J connectivity index is 1.55. The Morgan fingerprint density at radius 2 is 1.79 bits per heavy atom. The topological polar surface area (TPSA) is 24.5 Å². The monoisotopic (exact) mass is 448 g/mol. The number of ether oxygens (including phenoxy) is 1. The molecule has 1 N–H and O–H groups in total. The van der Waals surface area contributed by atoms with E-state index in [1.165, 1.54) is 6.42 Å². The van der Waals surface area contributed by atoms with Crippen molar-refractivity contribution in [2.24, 2.45) is 0 Å². The molecule has 2 heterocycles. The van der Waals surface area contributed by atoms with Gasteiger partial charge in [-0.3, -0.25) is 4.90 Å². The smallest absolute Gasteiger partial charge is 0.416 e. The summed E-state index contributed by atoms with van der Waals surface area (Å²) in [5.74, 6) is -1.35. The molecular weight excluding hydrogens is 431 g/mol. The summed E-state index contributed by atoms with van der Waals surface area (Å²) in [5, 5.41) is 2.16. The summed E-state index contributed by atoms with van der Waals surface area (Å²) in [7, 11) is 0. The van der Waals surface area contributed by atoms with Gasteiger partial charge in [0.1, 0.15) is 5.75 Å². The highest BCUT2D eigenvalue weighted by atomic mass is 35.5. The average molecular weight is 449 g/mol. The maximum atomic E-state index is 14.2. The Bertz CT molecular complexity index is 908. The highest BCUT2D eigenvalue weighted by Crippen LogP contribution is 2.42. The van der Waals surface area contributed by atoms with E-state index in [1.54, 1.807) is 18.2 Å². The van der Waals surface area contributed by atoms with Gasteiger partial charge in [-0.05, 0) is 48.7 Å². The molecule has 4 rings (SSSR count). The van der Waals surface area contributed by atoms with Gasteiger partial charge in [0, 0.05) is 25.2 Å². The van der Waals surface area contributed by atoms with Crippen LogP contribution in [0, 0.1) is 5.82 Å². The second-order valence-corrected chi connectivity index (χ2v) is 8.33. The fraction of sp³-hybridized carbons (Fsp3) is 0.400. The first-order valence-corrected chi connectivity index (χ1v) is 10.0. The number of hydrogen-bond donors (Lipinski definition) is 1. The van der Waals surface area contributed by atoms with Gasteiger partial charge in [0.05, 0.1) is 10.6 Å². The predicted octanol–water partition coefficient (Wildman–Crippen LogP) is 6.64. The molecular formula is C20H18Cl2F4N2O. The van der Waals surface area contributed by atoms with Crippen LogP contribution in [0.1, 0.15) is 30.4 Å². The van der Waals surface area contributed by atoms with Gasteiger partial charge in [-0.1, -0.05) is 29.6 Å². The molecule has 1 saturated heterocycles. The van der Waals surface area contributed by atoms with E-state index in [-0.39, 0.29) is 5.75 Å². The van der Waals surface area contributed by atoms with Crippen molar-refractivity contribution in [2.75, 3.05) is 18.4 Å². The van der Waals surface area contributed by atoms with E-state index in [0.29, 0.717) is 18.6 Å². The van der Waals surface area contributed by atoms with Crippen molar-refractivity contribution in [3.05, 3.63) is 52.3 Å². The summed E-state index contributed by atoms with van der Waals surface area (Å²) >= 11 is 12.7. The van der Waals surface area contributed by atoms with E-state index in [0.717, 1.165) is 37.2 Å². The lowest BCUT2D eigenvalue weighted by Crippen LogP contribution is -2.51. The molecule has 2 aliphatic heterocycles. The normalized spacial score (nSPS) is 22.3. The molecule has 0 bridgehead atoms. The first-order chi connectivity index (χ1) is 13.7. The fourth-order valence-electron chi connectivity index (χ4n) is 3.78. The Morgan fingerprint density at radius 1 is 1.07 bits per heavy atom. The van der Waals surface area contributed by atoms with Crippen LogP contribution in [0.25, 0.3) is 0 Å². The number of piperidine rings is 1. The van der Waals surface area contributed by atoms with Crippen LogP contribution in [-0.4, -0.2) is 23.1 Å². The van der Waals surface area contributed by atoms with Crippen LogP contribution in [0.4, 0.5) is 23.2 Å². The summed E-state index contributed by atoms with van der Waals surface area (Å²) in [6, 6.07) is 6.07. The molecule has 156 valence electrons. The van der Waals surface area contributed by atoms with Crippen LogP contribution in [0.15, 0.2) is 30.3 Å². The number of anilines is 1. The second-order valence-electron chi connectivity index (χ2n) is 7.30. The molecule has 1 atom stereocenters. The number of rotatable bonds is 3. The Morgan fingerprint density at radius 3 is 2.45 bits per heavy atom. The third-order valence-electron chi connectivity index (χ3n) is 5.23. The van der Waals surface area contributed by atoms with Crippen molar-refractivity contribution in [3.8, 4) is 11.5 Å². The first-order valence-electron chi connectivity index (χ1n) is 9.25. The Kier molecular flexibility index (Phi) is 5.34. The number of hydrogen-bond acceptors (Lipinski definition) is 3. The zero-order valence-electron chi connectivity index (χ0n) is 15.3. The minimum Gasteiger partial charge on any atom is -0.453 e. The molecule has 0 saturated carbocycles. The van der Waals surface area contributed by atoms with Crippen LogP contribution in [0.5, 0.6) is 11.5 Å². The van der Waals surface area contributed by atoms with E-state index < -0.39 is 33.5 Å². The van der Waals surface area contributed by atoms with Crippen molar-refractivity contribution < 1.29 is 22.3 Å². The van der Waals surface area contributed by atoms with E-state index in [9.17, 15) is 17.6 Å². The van der Waals surface area contributed by atoms with Crippen LogP contribution >= 0.6 is 23.2 Å². The Hall–Kier alpha value is -1.70. The molecule has 9 heteroatoms. The van der Waals surface area contributed by atoms with Gasteiger partial charge in [-0.15, -0.1) is 0 Å². The number of halogens is 6. The summed E-state index contributed by atoms with van der Waals surface area (Å²) in [6.07, 6.45) is -0.808. The lowest BCUT2D eigenvalue weighted by atomic mass is 10.1. The SMILES string of the molecule is Fc1cc(C(F)(F)F)cc(Cl)c1Oc1ccc2c(c1)CC(Cl)(N1CCCCC1)N2. The Labute approximate surface area is 175 Å². The summed E-state index contributed by atoms with van der Waals surface area (Å²) in [5.41, 5.74) is 0.558. The van der Waals surface area contributed by atoms with Gasteiger partial charge >= 0.3 is 6.18 Å². The lowest BCUT2D eigenvalue weighted by Gasteiger charge is -2.39. The number of nitrogens with zero attached hydrogens (tertiary/aromatic N) is 1. The molecule has 0 aliphatic carbocycles. The zero-order chi connectivity index (χ0) is 20.8. The molecule has 1 unspecified atom stereocenters. The molecule has 2 aromatic carbocycles. The summed E-state index contributed by atoms with van der Waals surface area (Å²) in [6.45, 7) is 1.81. The molecule has 0 spiro atoms. The molecule has 0 aromatic heterocycles. The summed E-state index contributed by atoms with van der Waals surface area (Å²) in [4.78, 5) is 2.20. The number of benzene rings is 2. The highest BCUT2D eigenvalue weighted by molar-refractivity contribution is 6.32. The first kappa shape index (κ1) is 20.6. The zero-order valence-corrected chi connectivity index (χ0v) is 16.8. The number of fused-ring (bicyclic) bond motifs is 1. The van der Waals surface area contributed by atoms with Crippen molar-refractivity contribution in [1.29, 1.82) is 0 Å². The van der Waals surface area contributed by atoms with Gasteiger partial charge in [-0.25, -0.2) is 4.39 Å². The standard InChI is InChI=1S/C20H18Cl2F4N2O/c21-15-9-13(20(24,25)26)10-16(23)18(15)29-14-4-5-17-12(8-14)11-19(22,27-17)28-6-2-1-3-7-28/h4-5,8-10,27H,1-3,6-7,11H2. The number of nitrogens with one attached hydrogen (secondary N) is 1. The summed E-state index contributed by atoms with van der Waals surface area (Å²) < 4.78 is 58.1. The molecule has 1 fully saturated rings. The largest absolute Gasteiger partial charge is 0.453 e. The third-order valence-corrected chi connectivity index (χ3v) is 5.98. The van der Waals surface area contributed by atoms with E-state index in [2.05, 4.69) is 10.2 Å². The van der Waals surface area contributed by atoms with Crippen LogP contribution < -0.4 is 10.1 Å². The predicted molar refractivity (Wildman–Crippen MR) is 104 cm³/mol. The number of likely N-dealkylation sites (tertiary alicyclic amines) is 1. The van der Waals surface area contributed by atoms with Crippen LogP contribution in [0.3, 0.4) is 0 Å². The maximum absolute atomic E-state index is 14.2. The van der Waals surface area contributed by atoms with E-state index >= 15 is 0 Å². The van der Waals surface area contributed by atoms with Gasteiger partial charge in [0.15, 0.2) is 16.7 Å². The molecule has 3 nitrogen and oxygen atoms in total. The van der Waals surface area contributed by atoms with Gasteiger partial charge in [0.25, 0.3) is 0 Å². The molecule has 0 radical (unpaired) electrons. The quantitative estimate of drug-likeness (QED) is 0.323. The van der Waals surface area contributed by atoms with E-state index in [4.69, 9.17) is 27.9 Å². The van der Waals surface area contributed by atoms with Gasteiger partial charge < -0.3 is 10.1 Å². The van der Waals surface area contributed by atoms with Crippen LogP contribution in [-0.2, 0) is 12.6 Å². The van der Waals surface area contributed by atoms with Crippen molar-refractivity contribution in [2.45, 2.75) is 37.0 Å². The molecule has 0 amide bonds. The minimum absolute atomic E-state index is 0.269. The fourth-order valence-corrected chi connectivity index (χ4v) is 4.44. The third kappa shape index (κ3) is 4.13.